The molecule has 0 unspecified atom stereocenters. The van der Waals surface area contributed by atoms with Gasteiger partial charge in [0, 0.05) is 0 Å². The molecule has 0 saturated heterocycles. The van der Waals surface area contributed by atoms with E-state index in [-0.39, 0.29) is 0 Å². The molecule has 0 bridgehead atoms. The zero-order valence-electron chi connectivity index (χ0n) is 5.35. The fourth-order valence-electron chi connectivity index (χ4n) is 0.504. The van der Waals surface area contributed by atoms with E-state index in [9.17, 15) is 0 Å². The summed E-state index contributed by atoms with van der Waals surface area (Å²) in [5, 5.41) is 0. The molecule has 0 aromatic rings. The molecule has 46 valence electrons. The van der Waals surface area contributed by atoms with Crippen molar-refractivity contribution in [2.75, 3.05) is 6.54 Å². The Labute approximate surface area is 50.9 Å². The fraction of sp³-hybridized carbons (Fsp3) is 0.429. The highest BCUT2D eigenvalue weighted by molar-refractivity contribution is 5.13. The Morgan fingerprint density at radius 2 is 2.38 bits per heavy atom. The summed E-state index contributed by atoms with van der Waals surface area (Å²) in [4.78, 5) is 0. The molecule has 8 heavy (non-hydrogen) atoms. The number of rotatable bonds is 3. The van der Waals surface area contributed by atoms with Gasteiger partial charge in [-0.15, -0.1) is 0 Å². The summed E-state index contributed by atoms with van der Waals surface area (Å²) in [6.07, 6.45) is 4.86. The van der Waals surface area contributed by atoms with Gasteiger partial charge in [0.15, 0.2) is 0 Å². The van der Waals surface area contributed by atoms with Crippen LogP contribution in [0.1, 0.15) is 13.3 Å². The monoisotopic (exact) mass is 111 g/mol. The number of nitrogens with two attached hydrogens (primary N) is 1. The molecule has 0 radical (unpaired) electrons. The molecule has 0 aliphatic heterocycles. The van der Waals surface area contributed by atoms with Crippen LogP contribution in [0.25, 0.3) is 0 Å². The minimum absolute atomic E-state index is 0.698. The van der Waals surface area contributed by atoms with E-state index in [1.54, 1.807) is 0 Å². The Morgan fingerprint density at radius 3 is 2.75 bits per heavy atom. The molecule has 1 nitrogen and oxygen atoms in total. The molecule has 0 spiro atoms. The van der Waals surface area contributed by atoms with Crippen LogP contribution in [0.5, 0.6) is 0 Å². The Balaban J connectivity index is 3.33. The van der Waals surface area contributed by atoms with Gasteiger partial charge >= 0.3 is 0 Å². The second-order valence-electron chi connectivity index (χ2n) is 1.70. The molecule has 0 heterocycles. The highest BCUT2D eigenvalue weighted by atomic mass is 14.5. The lowest BCUT2D eigenvalue weighted by atomic mass is 10.2. The lowest BCUT2D eigenvalue weighted by Crippen LogP contribution is -1.97. The van der Waals surface area contributed by atoms with Gasteiger partial charge in [-0.1, -0.05) is 24.3 Å². The van der Waals surface area contributed by atoms with Crippen molar-refractivity contribution in [1.82, 2.24) is 0 Å². The first-order valence-electron chi connectivity index (χ1n) is 2.81. The van der Waals surface area contributed by atoms with Gasteiger partial charge in [-0.25, -0.2) is 0 Å². The smallest absolute Gasteiger partial charge is 0.00369 e. The van der Waals surface area contributed by atoms with E-state index in [1.165, 1.54) is 0 Å². The third-order valence-corrected chi connectivity index (χ3v) is 0.868. The van der Waals surface area contributed by atoms with Crippen molar-refractivity contribution in [3.8, 4) is 0 Å². The van der Waals surface area contributed by atoms with Gasteiger partial charge < -0.3 is 5.73 Å². The van der Waals surface area contributed by atoms with Crippen LogP contribution in [-0.2, 0) is 0 Å². The molecule has 0 fully saturated rings. The van der Waals surface area contributed by atoms with Gasteiger partial charge in [0.2, 0.25) is 0 Å². The summed E-state index contributed by atoms with van der Waals surface area (Å²) in [6.45, 7) is 6.44. The average Bonchev–Trinajstić information content (AvgIpc) is 1.68. The van der Waals surface area contributed by atoms with Crippen LogP contribution in [0.3, 0.4) is 0 Å². The van der Waals surface area contributed by atoms with E-state index in [2.05, 4.69) is 6.58 Å². The molecule has 0 aromatic heterocycles. The molecule has 0 atom stereocenters. The lowest BCUT2D eigenvalue weighted by Gasteiger charge is -1.91. The molecular weight excluding hydrogens is 98.1 g/mol. The maximum atomic E-state index is 5.26. The Kier molecular flexibility index (Phi) is 4.27. The quantitative estimate of drug-likeness (QED) is 0.548. The second kappa shape index (κ2) is 4.60. The maximum absolute atomic E-state index is 5.26. The normalized spacial score (nSPS) is 10.2. The predicted molar refractivity (Wildman–Crippen MR) is 37.6 cm³/mol. The molecular formula is C7H13N. The molecule has 2 N–H and O–H groups in total. The van der Waals surface area contributed by atoms with Gasteiger partial charge in [-0.2, -0.15) is 0 Å². The molecule has 0 aliphatic rings. The zero-order chi connectivity index (χ0) is 6.41. The standard InChI is InChI=1S/C7H13N/c1-3-4-7(2)5-6-8/h3-4H,2,5-6,8H2,1H3/b4-3-. The van der Waals surface area contributed by atoms with Gasteiger partial charge in [0.05, 0.1) is 0 Å². The first kappa shape index (κ1) is 7.44. The number of allylic oxidation sites excluding steroid dienone is 2. The second-order valence-corrected chi connectivity index (χ2v) is 1.70. The van der Waals surface area contributed by atoms with Crippen molar-refractivity contribution in [2.24, 2.45) is 5.73 Å². The Morgan fingerprint density at radius 1 is 1.75 bits per heavy atom. The minimum atomic E-state index is 0.698. The van der Waals surface area contributed by atoms with Crippen LogP contribution in [0.2, 0.25) is 0 Å². The van der Waals surface area contributed by atoms with Crippen molar-refractivity contribution in [2.45, 2.75) is 13.3 Å². The van der Waals surface area contributed by atoms with E-state index in [0.717, 1.165) is 12.0 Å². The largest absolute Gasteiger partial charge is 0.330 e. The average molecular weight is 111 g/mol. The first-order chi connectivity index (χ1) is 3.81. The van der Waals surface area contributed by atoms with Gasteiger partial charge in [-0.3, -0.25) is 0 Å². The Bertz CT molecular complexity index is 92.6. The van der Waals surface area contributed by atoms with Crippen molar-refractivity contribution in [3.05, 3.63) is 24.3 Å². The van der Waals surface area contributed by atoms with Crippen LogP contribution < -0.4 is 5.73 Å². The van der Waals surface area contributed by atoms with Crippen LogP contribution in [-0.4, -0.2) is 6.54 Å². The van der Waals surface area contributed by atoms with Crippen molar-refractivity contribution < 1.29 is 0 Å². The molecule has 0 amide bonds. The highest BCUT2D eigenvalue weighted by Crippen LogP contribution is 1.95. The van der Waals surface area contributed by atoms with Gasteiger partial charge in [0.1, 0.15) is 0 Å². The van der Waals surface area contributed by atoms with Crippen LogP contribution in [0.15, 0.2) is 24.3 Å². The summed E-state index contributed by atoms with van der Waals surface area (Å²) < 4.78 is 0. The summed E-state index contributed by atoms with van der Waals surface area (Å²) in [6, 6.07) is 0. The minimum Gasteiger partial charge on any atom is -0.330 e. The van der Waals surface area contributed by atoms with Crippen LogP contribution in [0, 0.1) is 0 Å². The third-order valence-electron chi connectivity index (χ3n) is 0.868. The summed E-state index contributed by atoms with van der Waals surface area (Å²) in [7, 11) is 0. The van der Waals surface area contributed by atoms with E-state index in [1.807, 2.05) is 19.1 Å². The molecule has 0 aliphatic carbocycles. The van der Waals surface area contributed by atoms with Crippen LogP contribution >= 0.6 is 0 Å². The van der Waals surface area contributed by atoms with Crippen LogP contribution in [0.4, 0.5) is 0 Å². The predicted octanol–water partition coefficient (Wildman–Crippen LogP) is 1.47. The maximum Gasteiger partial charge on any atom is -0.00369 e. The number of hydrogen-bond donors (Lipinski definition) is 1. The van der Waals surface area contributed by atoms with Crippen molar-refractivity contribution >= 4 is 0 Å². The summed E-state index contributed by atoms with van der Waals surface area (Å²) in [5.41, 5.74) is 6.37. The summed E-state index contributed by atoms with van der Waals surface area (Å²) in [5.74, 6) is 0. The topological polar surface area (TPSA) is 26.0 Å². The van der Waals surface area contributed by atoms with E-state index >= 15 is 0 Å². The SMILES string of the molecule is C=C(/C=C\C)CCN. The Hall–Kier alpha value is -0.560. The molecule has 0 saturated carbocycles. The van der Waals surface area contributed by atoms with Gasteiger partial charge in [-0.05, 0) is 19.9 Å². The van der Waals surface area contributed by atoms with E-state index < -0.39 is 0 Å². The lowest BCUT2D eigenvalue weighted by molar-refractivity contribution is 0.977. The summed E-state index contributed by atoms with van der Waals surface area (Å²) >= 11 is 0. The van der Waals surface area contributed by atoms with E-state index in [4.69, 9.17) is 5.73 Å². The van der Waals surface area contributed by atoms with Crippen molar-refractivity contribution in [1.29, 1.82) is 0 Å². The fourth-order valence-corrected chi connectivity index (χ4v) is 0.504. The van der Waals surface area contributed by atoms with E-state index in [0.29, 0.717) is 6.54 Å². The molecule has 1 heteroatoms. The highest BCUT2D eigenvalue weighted by Gasteiger charge is 1.81. The number of hydrogen-bond acceptors (Lipinski definition) is 1. The molecule has 0 rings (SSSR count). The molecule has 0 aromatic carbocycles. The zero-order valence-corrected chi connectivity index (χ0v) is 5.35. The third kappa shape index (κ3) is 3.62. The van der Waals surface area contributed by atoms with Crippen molar-refractivity contribution in [3.63, 3.8) is 0 Å². The van der Waals surface area contributed by atoms with Gasteiger partial charge in [0.25, 0.3) is 0 Å². The first-order valence-corrected chi connectivity index (χ1v) is 2.81.